The van der Waals surface area contributed by atoms with E-state index in [-0.39, 0.29) is 24.6 Å². The molecule has 4 N–H and O–H groups in total. The molecule has 0 radical (unpaired) electrons. The van der Waals surface area contributed by atoms with Gasteiger partial charge in [-0.2, -0.15) is 13.2 Å². The Morgan fingerprint density at radius 3 is 2.46 bits per heavy atom. The Bertz CT molecular complexity index is 1340. The predicted octanol–water partition coefficient (Wildman–Crippen LogP) is 4.72. The Balaban J connectivity index is 1.49. The molecule has 0 aliphatic carbocycles. The van der Waals surface area contributed by atoms with Crippen molar-refractivity contribution in [3.63, 3.8) is 0 Å². The zero-order valence-corrected chi connectivity index (χ0v) is 18.1. The van der Waals surface area contributed by atoms with E-state index in [1.54, 1.807) is 6.92 Å². The number of benzene rings is 2. The van der Waals surface area contributed by atoms with E-state index in [4.69, 9.17) is 9.47 Å². The highest BCUT2D eigenvalue weighted by atomic mass is 19.4. The van der Waals surface area contributed by atoms with Gasteiger partial charge in [0.05, 0.1) is 24.5 Å². The van der Waals surface area contributed by atoms with Crippen LogP contribution in [-0.2, 0) is 10.9 Å². The van der Waals surface area contributed by atoms with Gasteiger partial charge in [-0.15, -0.1) is 0 Å². The first kappa shape index (κ1) is 24.1. The van der Waals surface area contributed by atoms with Gasteiger partial charge in [0.15, 0.2) is 11.4 Å². The maximum absolute atomic E-state index is 14.5. The SMILES string of the molecule is CC1(Oc2ccc(NC(=O)Nc3ccc(-c4c[nH]c(=O)c(O)c4)cc3F)cc2C(F)(F)F)COC1. The summed E-state index contributed by atoms with van der Waals surface area (Å²) in [5, 5.41) is 14.0. The molecule has 1 aliphatic heterocycles. The van der Waals surface area contributed by atoms with E-state index in [1.807, 2.05) is 0 Å². The number of hydrogen-bond acceptors (Lipinski definition) is 5. The molecule has 35 heavy (non-hydrogen) atoms. The molecule has 0 atom stereocenters. The molecule has 0 saturated carbocycles. The molecule has 0 bridgehead atoms. The van der Waals surface area contributed by atoms with E-state index < -0.39 is 46.2 Å². The van der Waals surface area contributed by atoms with Crippen molar-refractivity contribution in [1.29, 1.82) is 0 Å². The van der Waals surface area contributed by atoms with Gasteiger partial charge in [0.1, 0.15) is 11.6 Å². The van der Waals surface area contributed by atoms with Gasteiger partial charge in [0.25, 0.3) is 5.56 Å². The van der Waals surface area contributed by atoms with Gasteiger partial charge < -0.3 is 30.2 Å². The summed E-state index contributed by atoms with van der Waals surface area (Å²) in [6.07, 6.45) is -3.47. The van der Waals surface area contributed by atoms with E-state index in [0.29, 0.717) is 11.1 Å². The second-order valence-electron chi connectivity index (χ2n) is 8.13. The van der Waals surface area contributed by atoms with Crippen molar-refractivity contribution in [2.24, 2.45) is 0 Å². The Kier molecular flexibility index (Phi) is 6.15. The number of aromatic hydroxyl groups is 1. The van der Waals surface area contributed by atoms with Gasteiger partial charge in [0, 0.05) is 17.4 Å². The molecule has 8 nitrogen and oxygen atoms in total. The number of anilines is 2. The molecule has 0 spiro atoms. The fourth-order valence-corrected chi connectivity index (χ4v) is 3.35. The molecule has 2 amide bonds. The third-order valence-corrected chi connectivity index (χ3v) is 5.15. The van der Waals surface area contributed by atoms with Crippen LogP contribution in [0.5, 0.6) is 11.5 Å². The Morgan fingerprint density at radius 1 is 1.11 bits per heavy atom. The van der Waals surface area contributed by atoms with Gasteiger partial charge >= 0.3 is 12.2 Å². The Hall–Kier alpha value is -4.06. The summed E-state index contributed by atoms with van der Waals surface area (Å²) in [5.74, 6) is -1.79. The fourth-order valence-electron chi connectivity index (χ4n) is 3.35. The van der Waals surface area contributed by atoms with Gasteiger partial charge in [0.2, 0.25) is 0 Å². The van der Waals surface area contributed by atoms with Crippen LogP contribution in [0.25, 0.3) is 11.1 Å². The van der Waals surface area contributed by atoms with E-state index in [2.05, 4.69) is 15.6 Å². The van der Waals surface area contributed by atoms with Gasteiger partial charge in [-0.3, -0.25) is 4.79 Å². The van der Waals surface area contributed by atoms with Crippen LogP contribution in [0.3, 0.4) is 0 Å². The van der Waals surface area contributed by atoms with Crippen LogP contribution in [0.2, 0.25) is 0 Å². The number of ether oxygens (including phenoxy) is 2. The van der Waals surface area contributed by atoms with Crippen molar-refractivity contribution in [2.45, 2.75) is 18.7 Å². The summed E-state index contributed by atoms with van der Waals surface area (Å²) < 4.78 is 65.7. The van der Waals surface area contributed by atoms with Crippen molar-refractivity contribution in [2.75, 3.05) is 23.8 Å². The molecular weight excluding hydrogens is 474 g/mol. The number of carbonyl (C=O) groups is 1. The van der Waals surface area contributed by atoms with Crippen LogP contribution >= 0.6 is 0 Å². The summed E-state index contributed by atoms with van der Waals surface area (Å²) in [4.78, 5) is 25.9. The average molecular weight is 493 g/mol. The number of urea groups is 1. The van der Waals surface area contributed by atoms with Gasteiger partial charge in [-0.1, -0.05) is 6.07 Å². The molecule has 1 fully saturated rings. The monoisotopic (exact) mass is 493 g/mol. The van der Waals surface area contributed by atoms with Crippen LogP contribution in [0, 0.1) is 5.82 Å². The van der Waals surface area contributed by atoms with Crippen molar-refractivity contribution < 1.29 is 36.9 Å². The summed E-state index contributed by atoms with van der Waals surface area (Å²) in [6.45, 7) is 1.93. The zero-order valence-electron chi connectivity index (χ0n) is 18.1. The quantitative estimate of drug-likeness (QED) is 0.385. The van der Waals surface area contributed by atoms with E-state index in [1.165, 1.54) is 24.4 Å². The molecule has 2 heterocycles. The Morgan fingerprint density at radius 2 is 1.86 bits per heavy atom. The van der Waals surface area contributed by atoms with Crippen LogP contribution in [0.1, 0.15) is 12.5 Å². The minimum Gasteiger partial charge on any atom is -0.503 e. The van der Waals surface area contributed by atoms with Crippen LogP contribution in [0.4, 0.5) is 33.7 Å². The molecule has 1 aromatic heterocycles. The first-order valence-electron chi connectivity index (χ1n) is 10.2. The Labute approximate surface area is 195 Å². The highest BCUT2D eigenvalue weighted by Gasteiger charge is 2.40. The minimum absolute atomic E-state index is 0.153. The molecule has 2 aromatic carbocycles. The van der Waals surface area contributed by atoms with Crippen LogP contribution in [0.15, 0.2) is 53.5 Å². The van der Waals surface area contributed by atoms with Crippen LogP contribution in [-0.4, -0.2) is 34.9 Å². The number of rotatable bonds is 5. The zero-order chi connectivity index (χ0) is 25.4. The number of H-pyrrole nitrogens is 1. The highest BCUT2D eigenvalue weighted by Crippen LogP contribution is 2.40. The summed E-state index contributed by atoms with van der Waals surface area (Å²) in [7, 11) is 0. The number of pyridine rings is 1. The van der Waals surface area contributed by atoms with Crippen LogP contribution < -0.4 is 20.9 Å². The number of nitrogens with one attached hydrogen (secondary N) is 3. The number of hydrogen-bond donors (Lipinski definition) is 4. The van der Waals surface area contributed by atoms with E-state index in [0.717, 1.165) is 24.3 Å². The van der Waals surface area contributed by atoms with Gasteiger partial charge in [-0.05, 0) is 48.9 Å². The first-order valence-corrected chi connectivity index (χ1v) is 10.2. The molecule has 1 aliphatic rings. The average Bonchev–Trinajstić information content (AvgIpc) is 2.76. The standard InChI is InChI=1S/C23H19F4N3O5/c1-22(10-34-11-22)35-19-5-3-14(8-15(19)23(25,26)27)29-21(33)30-17-4-2-12(6-16(17)24)13-7-18(31)20(32)28-9-13/h2-9,31H,10-11H2,1H3,(H,28,32)(H2,29,30,33). The number of carbonyl (C=O) groups excluding carboxylic acids is 1. The molecular formula is C23H19F4N3O5. The lowest BCUT2D eigenvalue weighted by Crippen LogP contribution is -2.51. The van der Waals surface area contributed by atoms with Crippen molar-refractivity contribution in [3.05, 3.63) is 70.4 Å². The fraction of sp³-hybridized carbons (Fsp3) is 0.217. The molecule has 0 unspecified atom stereocenters. The molecule has 1 saturated heterocycles. The minimum atomic E-state index is -4.75. The number of aromatic nitrogens is 1. The number of amides is 2. The van der Waals surface area contributed by atoms with Crippen molar-refractivity contribution >= 4 is 17.4 Å². The molecule has 3 aromatic rings. The first-order chi connectivity index (χ1) is 16.4. The third-order valence-electron chi connectivity index (χ3n) is 5.15. The van der Waals surface area contributed by atoms with Crippen molar-refractivity contribution in [3.8, 4) is 22.6 Å². The van der Waals surface area contributed by atoms with E-state index >= 15 is 0 Å². The number of halogens is 4. The topological polar surface area (TPSA) is 113 Å². The summed E-state index contributed by atoms with van der Waals surface area (Å²) in [6, 6.07) is 6.93. The molecule has 4 rings (SSSR count). The third kappa shape index (κ3) is 5.38. The number of aromatic amines is 1. The smallest absolute Gasteiger partial charge is 0.420 e. The summed E-state index contributed by atoms with van der Waals surface area (Å²) in [5.41, 5.74) is -2.46. The maximum atomic E-state index is 14.5. The summed E-state index contributed by atoms with van der Waals surface area (Å²) >= 11 is 0. The molecule has 12 heteroatoms. The maximum Gasteiger partial charge on any atom is 0.420 e. The van der Waals surface area contributed by atoms with E-state index in [9.17, 15) is 32.3 Å². The number of alkyl halides is 3. The molecule has 184 valence electrons. The lowest BCUT2D eigenvalue weighted by molar-refractivity contribution is -0.160. The largest absolute Gasteiger partial charge is 0.503 e. The normalized spacial score (nSPS) is 14.7. The lowest BCUT2D eigenvalue weighted by Gasteiger charge is -2.38. The van der Waals surface area contributed by atoms with Crippen molar-refractivity contribution in [1.82, 2.24) is 4.98 Å². The second-order valence-corrected chi connectivity index (χ2v) is 8.13. The lowest BCUT2D eigenvalue weighted by atomic mass is 10.0. The highest BCUT2D eigenvalue weighted by molar-refractivity contribution is 6.00. The second kappa shape index (κ2) is 8.95. The predicted molar refractivity (Wildman–Crippen MR) is 118 cm³/mol. The van der Waals surface area contributed by atoms with Gasteiger partial charge in [-0.25, -0.2) is 9.18 Å².